The van der Waals surface area contributed by atoms with E-state index in [1.807, 2.05) is 97.9 Å². The third-order valence-electron chi connectivity index (χ3n) is 8.63. The molecule has 0 saturated carbocycles. The van der Waals surface area contributed by atoms with E-state index in [0.29, 0.717) is 11.4 Å². The second kappa shape index (κ2) is 16.2. The van der Waals surface area contributed by atoms with Gasteiger partial charge in [0, 0.05) is 36.6 Å². The summed E-state index contributed by atoms with van der Waals surface area (Å²) in [6.45, 7) is -0.404. The van der Waals surface area contributed by atoms with E-state index in [0.717, 1.165) is 39.1 Å². The molecule has 6 aromatic carbocycles. The van der Waals surface area contributed by atoms with Crippen molar-refractivity contribution in [3.05, 3.63) is 197 Å². The Hall–Kier alpha value is -6.58. The summed E-state index contributed by atoms with van der Waals surface area (Å²) in [5.41, 5.74) is 7.39. The van der Waals surface area contributed by atoms with E-state index in [4.69, 9.17) is 4.74 Å². The minimum Gasteiger partial charge on any atom is -0.484 e. The van der Waals surface area contributed by atoms with E-state index in [9.17, 15) is 9.59 Å². The highest BCUT2D eigenvalue weighted by Crippen LogP contribution is 2.45. The molecule has 0 heterocycles. The van der Waals surface area contributed by atoms with Gasteiger partial charge in [-0.3, -0.25) is 9.59 Å². The molecule has 0 aliphatic heterocycles. The van der Waals surface area contributed by atoms with E-state index < -0.39 is 11.3 Å². The lowest BCUT2D eigenvalue weighted by atomic mass is 9.65. The van der Waals surface area contributed by atoms with Gasteiger partial charge in [-0.1, -0.05) is 115 Å². The van der Waals surface area contributed by atoms with Crippen molar-refractivity contribution >= 4 is 23.2 Å². The molecule has 6 aromatic rings. The van der Waals surface area contributed by atoms with E-state index in [1.54, 1.807) is 12.1 Å². The molecule has 0 radical (unpaired) electrons. The molecule has 0 spiro atoms. The van der Waals surface area contributed by atoms with Crippen molar-refractivity contribution in [1.82, 2.24) is 5.32 Å². The average Bonchev–Trinajstić information content (AvgIpc) is 3.18. The number of carbonyl (C=O) groups excluding carboxylic acids is 2. The zero-order valence-electron chi connectivity index (χ0n) is 28.7. The van der Waals surface area contributed by atoms with E-state index in [1.165, 1.54) is 0 Å². The Morgan fingerprint density at radius 1 is 0.569 bits per heavy atom. The highest BCUT2D eigenvalue weighted by molar-refractivity contribution is 5.94. The SMILES string of the molecule is CN(C)c1ccc(C#Cc2ccc(NC(=O)CNC(=O)COc3ccc(C(c4ccccc4)(c4ccccc4)c4ccccc4)cc3)cc2)cc1. The number of amides is 2. The molecule has 0 unspecified atom stereocenters. The molecule has 0 saturated heterocycles. The van der Waals surface area contributed by atoms with Crippen molar-refractivity contribution in [1.29, 1.82) is 0 Å². The number of carbonyl (C=O) groups is 2. The first-order valence-electron chi connectivity index (χ1n) is 16.8. The molecule has 0 aromatic heterocycles. The molecule has 252 valence electrons. The lowest BCUT2D eigenvalue weighted by Crippen LogP contribution is -2.35. The molecule has 2 N–H and O–H groups in total. The summed E-state index contributed by atoms with van der Waals surface area (Å²) in [7, 11) is 4.00. The Labute approximate surface area is 299 Å². The second-order valence-electron chi connectivity index (χ2n) is 12.3. The lowest BCUT2D eigenvalue weighted by Gasteiger charge is -2.36. The van der Waals surface area contributed by atoms with Crippen LogP contribution in [0.25, 0.3) is 0 Å². The van der Waals surface area contributed by atoms with E-state index >= 15 is 0 Å². The summed E-state index contributed by atoms with van der Waals surface area (Å²) in [4.78, 5) is 27.2. The van der Waals surface area contributed by atoms with Gasteiger partial charge in [0.1, 0.15) is 5.75 Å². The van der Waals surface area contributed by atoms with Crippen molar-refractivity contribution in [2.24, 2.45) is 0 Å². The Morgan fingerprint density at radius 3 is 1.49 bits per heavy atom. The smallest absolute Gasteiger partial charge is 0.258 e. The third-order valence-corrected chi connectivity index (χ3v) is 8.63. The summed E-state index contributed by atoms with van der Waals surface area (Å²) in [6, 6.07) is 54.5. The van der Waals surface area contributed by atoms with Gasteiger partial charge < -0.3 is 20.3 Å². The van der Waals surface area contributed by atoms with Crippen LogP contribution >= 0.6 is 0 Å². The number of nitrogens with zero attached hydrogens (tertiary/aromatic N) is 1. The fourth-order valence-corrected chi connectivity index (χ4v) is 6.07. The summed E-state index contributed by atoms with van der Waals surface area (Å²) < 4.78 is 5.83. The lowest BCUT2D eigenvalue weighted by molar-refractivity contribution is -0.125. The minimum absolute atomic E-state index is 0.181. The molecule has 0 aliphatic carbocycles. The van der Waals surface area contributed by atoms with Crippen molar-refractivity contribution < 1.29 is 14.3 Å². The van der Waals surface area contributed by atoms with Crippen LogP contribution in [0.3, 0.4) is 0 Å². The molecule has 51 heavy (non-hydrogen) atoms. The number of hydrogen-bond donors (Lipinski definition) is 2. The number of anilines is 2. The molecular formula is C45H39N3O3. The molecule has 0 aliphatic rings. The molecule has 6 heteroatoms. The molecular weight excluding hydrogens is 631 g/mol. The number of ether oxygens (including phenoxy) is 1. The van der Waals surface area contributed by atoms with Gasteiger partial charge in [-0.2, -0.15) is 0 Å². The number of benzene rings is 6. The molecule has 2 amide bonds. The van der Waals surface area contributed by atoms with Crippen LogP contribution in [-0.2, 0) is 15.0 Å². The second-order valence-corrected chi connectivity index (χ2v) is 12.3. The fourth-order valence-electron chi connectivity index (χ4n) is 6.07. The number of rotatable bonds is 11. The molecule has 6 nitrogen and oxygen atoms in total. The first-order chi connectivity index (χ1) is 24.9. The van der Waals surface area contributed by atoms with E-state index in [2.05, 4.69) is 95.3 Å². The predicted molar refractivity (Wildman–Crippen MR) is 205 cm³/mol. The predicted octanol–water partition coefficient (Wildman–Crippen LogP) is 7.67. The van der Waals surface area contributed by atoms with Crippen LogP contribution in [-0.4, -0.2) is 39.1 Å². The van der Waals surface area contributed by atoms with Gasteiger partial charge in [0.2, 0.25) is 5.91 Å². The fraction of sp³-hybridized carbons (Fsp3) is 0.111. The van der Waals surface area contributed by atoms with Crippen LogP contribution < -0.4 is 20.3 Å². The normalized spacial score (nSPS) is 10.7. The Kier molecular flexibility index (Phi) is 10.9. The Morgan fingerprint density at radius 2 is 1.02 bits per heavy atom. The van der Waals surface area contributed by atoms with Crippen LogP contribution in [0.4, 0.5) is 11.4 Å². The van der Waals surface area contributed by atoms with Crippen molar-refractivity contribution in [3.8, 4) is 17.6 Å². The van der Waals surface area contributed by atoms with Crippen LogP contribution in [0.2, 0.25) is 0 Å². The van der Waals surface area contributed by atoms with E-state index in [-0.39, 0.29) is 19.1 Å². The summed E-state index contributed by atoms with van der Waals surface area (Å²) in [5, 5.41) is 5.43. The van der Waals surface area contributed by atoms with Gasteiger partial charge in [0.15, 0.2) is 6.61 Å². The van der Waals surface area contributed by atoms with Crippen molar-refractivity contribution in [2.45, 2.75) is 5.41 Å². The van der Waals surface area contributed by atoms with Gasteiger partial charge in [-0.15, -0.1) is 0 Å². The summed E-state index contributed by atoms with van der Waals surface area (Å²) in [6.07, 6.45) is 0. The Balaban J connectivity index is 1.05. The summed E-state index contributed by atoms with van der Waals surface area (Å²) >= 11 is 0. The standard InChI is InChI=1S/C45H39N3O3/c1-48(2)41-28-22-35(23-29-41)19-18-34-20-26-40(27-21-34)47-43(49)32-46-44(50)33-51-42-30-24-39(25-31-42)45(36-12-6-3-7-13-36,37-14-8-4-9-15-37)38-16-10-5-11-17-38/h3-17,20-31H,32-33H2,1-2H3,(H,46,50)(H,47,49). The van der Waals surface area contributed by atoms with Crippen LogP contribution in [0.15, 0.2) is 164 Å². The zero-order valence-corrected chi connectivity index (χ0v) is 28.7. The monoisotopic (exact) mass is 669 g/mol. The van der Waals surface area contributed by atoms with Gasteiger partial charge in [-0.25, -0.2) is 0 Å². The van der Waals surface area contributed by atoms with Gasteiger partial charge in [-0.05, 0) is 82.9 Å². The number of nitrogens with one attached hydrogen (secondary N) is 2. The highest BCUT2D eigenvalue weighted by atomic mass is 16.5. The highest BCUT2D eigenvalue weighted by Gasteiger charge is 2.38. The van der Waals surface area contributed by atoms with Crippen LogP contribution in [0.5, 0.6) is 5.75 Å². The van der Waals surface area contributed by atoms with Gasteiger partial charge in [0.25, 0.3) is 5.91 Å². The molecule has 6 rings (SSSR count). The topological polar surface area (TPSA) is 70.7 Å². The van der Waals surface area contributed by atoms with Crippen LogP contribution in [0.1, 0.15) is 33.4 Å². The first-order valence-corrected chi connectivity index (χ1v) is 16.8. The van der Waals surface area contributed by atoms with Crippen LogP contribution in [0, 0.1) is 11.8 Å². The summed E-state index contributed by atoms with van der Waals surface area (Å²) in [5.74, 6) is 6.11. The third kappa shape index (κ3) is 8.36. The minimum atomic E-state index is -0.570. The van der Waals surface area contributed by atoms with Gasteiger partial charge >= 0.3 is 0 Å². The largest absolute Gasteiger partial charge is 0.484 e. The first kappa shape index (κ1) is 34.3. The Bertz CT molecular complexity index is 2010. The zero-order chi connectivity index (χ0) is 35.5. The molecule has 0 atom stereocenters. The van der Waals surface area contributed by atoms with Gasteiger partial charge in [0.05, 0.1) is 12.0 Å². The maximum atomic E-state index is 12.6. The average molecular weight is 670 g/mol. The maximum Gasteiger partial charge on any atom is 0.258 e. The molecule has 0 bridgehead atoms. The number of hydrogen-bond acceptors (Lipinski definition) is 4. The molecule has 0 fully saturated rings. The maximum absolute atomic E-state index is 12.6. The van der Waals surface area contributed by atoms with Crippen molar-refractivity contribution in [2.75, 3.05) is 37.5 Å². The quantitative estimate of drug-likeness (QED) is 0.110. The van der Waals surface area contributed by atoms with Crippen molar-refractivity contribution in [3.63, 3.8) is 0 Å².